The summed E-state index contributed by atoms with van der Waals surface area (Å²) in [4.78, 5) is 77.9. The highest BCUT2D eigenvalue weighted by Crippen LogP contribution is 2.22. The third-order valence-corrected chi connectivity index (χ3v) is 8.29. The average Bonchev–Trinajstić information content (AvgIpc) is 2.99. The van der Waals surface area contributed by atoms with Gasteiger partial charge in [-0.1, -0.05) is 33.8 Å². The van der Waals surface area contributed by atoms with Crippen molar-refractivity contribution in [1.82, 2.24) is 26.2 Å². The van der Waals surface area contributed by atoms with Crippen LogP contribution in [0.5, 0.6) is 0 Å². The molecule has 1 aromatic rings. The SMILES string of the molecule is CN[C@@H](CS(=O)(=O)O)C(=O)N[C@H](C(=O)N[C@@H](CCCNC(N)=O)C(=O)Nc1ccc(COC(=O)C(C)C)c(C(=O)N2CC(N)C2)c1)C(C)C. The van der Waals surface area contributed by atoms with Gasteiger partial charge in [0.1, 0.15) is 24.7 Å². The Bertz CT molecular complexity index is 1480. The highest BCUT2D eigenvalue weighted by molar-refractivity contribution is 7.85. The first kappa shape index (κ1) is 40.8. The van der Waals surface area contributed by atoms with E-state index in [4.69, 9.17) is 16.2 Å². The van der Waals surface area contributed by atoms with Crippen molar-refractivity contribution in [2.75, 3.05) is 37.8 Å². The third kappa shape index (κ3) is 13.2. The van der Waals surface area contributed by atoms with E-state index in [0.717, 1.165) is 0 Å². The second-order valence-electron chi connectivity index (χ2n) is 12.4. The Kier molecular flexibility index (Phi) is 15.4. The first-order valence-corrected chi connectivity index (χ1v) is 17.4. The number of primary amides is 1. The van der Waals surface area contributed by atoms with E-state index >= 15 is 0 Å². The molecule has 3 atom stereocenters. The smallest absolute Gasteiger partial charge is 0.312 e. The Morgan fingerprint density at radius 1 is 1.00 bits per heavy atom. The lowest BCUT2D eigenvalue weighted by Crippen LogP contribution is -2.58. The summed E-state index contributed by atoms with van der Waals surface area (Å²) in [6.07, 6.45) is 0.217. The number of likely N-dealkylation sites (tertiary alicyclic amines) is 1. The van der Waals surface area contributed by atoms with Crippen LogP contribution in [0.4, 0.5) is 10.5 Å². The van der Waals surface area contributed by atoms with Gasteiger partial charge in [0, 0.05) is 42.5 Å². The molecule has 1 heterocycles. The van der Waals surface area contributed by atoms with Gasteiger partial charge in [0.2, 0.25) is 17.7 Å². The molecular weight excluding hydrogens is 664 g/mol. The van der Waals surface area contributed by atoms with E-state index in [-0.39, 0.29) is 55.1 Å². The molecule has 19 heteroatoms. The van der Waals surface area contributed by atoms with Crippen LogP contribution in [0.3, 0.4) is 0 Å². The number of nitrogens with one attached hydrogen (secondary N) is 5. The molecule has 0 saturated carbocycles. The van der Waals surface area contributed by atoms with Crippen LogP contribution in [0.2, 0.25) is 0 Å². The number of rotatable bonds is 18. The fourth-order valence-corrected chi connectivity index (χ4v) is 5.45. The summed E-state index contributed by atoms with van der Waals surface area (Å²) in [5, 5.41) is 12.6. The second kappa shape index (κ2) is 18.4. The lowest BCUT2D eigenvalue weighted by atomic mass is 10.0. The minimum Gasteiger partial charge on any atom is -0.461 e. The summed E-state index contributed by atoms with van der Waals surface area (Å²) in [6, 6.07) is -0.280. The van der Waals surface area contributed by atoms with Crippen molar-refractivity contribution in [3.8, 4) is 0 Å². The quantitative estimate of drug-likeness (QED) is 0.0499. The molecule has 1 aliphatic rings. The molecule has 2 rings (SSSR count). The van der Waals surface area contributed by atoms with E-state index in [0.29, 0.717) is 18.7 Å². The molecular formula is C30H48N8O10S. The minimum absolute atomic E-state index is 0.0131. The zero-order chi connectivity index (χ0) is 37.1. The molecule has 0 radical (unpaired) electrons. The van der Waals surface area contributed by atoms with Crippen LogP contribution in [0.1, 0.15) is 56.5 Å². The Balaban J connectivity index is 2.32. The summed E-state index contributed by atoms with van der Waals surface area (Å²) in [5.74, 6) is -5.01. The predicted octanol–water partition coefficient (Wildman–Crippen LogP) is -1.34. The Morgan fingerprint density at radius 3 is 2.18 bits per heavy atom. The predicted molar refractivity (Wildman–Crippen MR) is 178 cm³/mol. The second-order valence-corrected chi connectivity index (χ2v) is 13.9. The molecule has 0 aromatic heterocycles. The van der Waals surface area contributed by atoms with Crippen molar-refractivity contribution >= 4 is 51.4 Å². The van der Waals surface area contributed by atoms with Crippen molar-refractivity contribution in [2.45, 2.75) is 71.3 Å². The molecule has 10 N–H and O–H groups in total. The van der Waals surface area contributed by atoms with E-state index < -0.39 is 69.6 Å². The maximum Gasteiger partial charge on any atom is 0.312 e. The zero-order valence-electron chi connectivity index (χ0n) is 28.3. The largest absolute Gasteiger partial charge is 0.461 e. The number of hydrogen-bond acceptors (Lipinski definition) is 11. The number of esters is 1. The number of carbonyl (C=O) groups excluding carboxylic acids is 6. The van der Waals surface area contributed by atoms with Gasteiger partial charge in [-0.05, 0) is 37.9 Å². The summed E-state index contributed by atoms with van der Waals surface area (Å²) in [6.45, 7) is 7.15. The number of benzene rings is 1. The van der Waals surface area contributed by atoms with Crippen LogP contribution in [-0.4, -0.2) is 110 Å². The molecule has 1 aromatic carbocycles. The average molecular weight is 713 g/mol. The van der Waals surface area contributed by atoms with Crippen LogP contribution in [0, 0.1) is 11.8 Å². The number of hydrogen-bond donors (Lipinski definition) is 8. The van der Waals surface area contributed by atoms with Gasteiger partial charge in [0.15, 0.2) is 0 Å². The van der Waals surface area contributed by atoms with Gasteiger partial charge in [-0.15, -0.1) is 0 Å². The third-order valence-electron chi connectivity index (χ3n) is 7.54. The van der Waals surface area contributed by atoms with Gasteiger partial charge in [-0.25, -0.2) is 4.79 Å². The Hall–Kier alpha value is -4.33. The molecule has 274 valence electrons. The fraction of sp³-hybridized carbons (Fsp3) is 0.600. The van der Waals surface area contributed by atoms with Gasteiger partial charge in [0.25, 0.3) is 16.0 Å². The van der Waals surface area contributed by atoms with E-state index in [1.54, 1.807) is 27.7 Å². The van der Waals surface area contributed by atoms with E-state index in [1.165, 1.54) is 30.1 Å². The molecule has 0 spiro atoms. The van der Waals surface area contributed by atoms with Crippen molar-refractivity contribution in [2.24, 2.45) is 23.3 Å². The monoisotopic (exact) mass is 712 g/mol. The zero-order valence-corrected chi connectivity index (χ0v) is 29.1. The van der Waals surface area contributed by atoms with E-state index in [1.807, 2.05) is 0 Å². The number of anilines is 1. The van der Waals surface area contributed by atoms with Crippen LogP contribution in [0.15, 0.2) is 18.2 Å². The highest BCUT2D eigenvalue weighted by atomic mass is 32.2. The molecule has 18 nitrogen and oxygen atoms in total. The number of nitrogens with zero attached hydrogens (tertiary/aromatic N) is 1. The normalized spacial score (nSPS) is 15.1. The van der Waals surface area contributed by atoms with Crippen molar-refractivity contribution in [3.05, 3.63) is 29.3 Å². The van der Waals surface area contributed by atoms with Crippen molar-refractivity contribution < 1.29 is 46.5 Å². The lowest BCUT2D eigenvalue weighted by Gasteiger charge is -2.37. The topological polar surface area (TPSA) is 281 Å². The molecule has 1 fully saturated rings. The molecule has 0 aliphatic carbocycles. The van der Waals surface area contributed by atoms with Gasteiger partial charge < -0.3 is 47.7 Å². The number of nitrogens with two attached hydrogens (primary N) is 2. The Morgan fingerprint density at radius 2 is 1.65 bits per heavy atom. The molecule has 0 unspecified atom stereocenters. The maximum absolute atomic E-state index is 13.6. The maximum atomic E-state index is 13.6. The summed E-state index contributed by atoms with van der Waals surface area (Å²) in [5.41, 5.74) is 11.8. The molecule has 49 heavy (non-hydrogen) atoms. The Labute approximate surface area is 285 Å². The number of carbonyl (C=O) groups is 6. The fourth-order valence-electron chi connectivity index (χ4n) is 4.71. The van der Waals surface area contributed by atoms with E-state index in [2.05, 4.69) is 26.6 Å². The van der Waals surface area contributed by atoms with Crippen LogP contribution < -0.4 is 38.1 Å². The minimum atomic E-state index is -4.53. The number of amides is 6. The standard InChI is InChI=1S/C30H48N8O10S/c1-16(2)24(37-26(40)23(33-5)15-49(45,46)47)27(41)36-22(7-6-10-34-30(32)44)25(39)35-20-9-8-18(14-48-29(43)17(3)4)21(11-20)28(42)38-12-19(31)13-38/h8-9,11,16-17,19,22-24,33H,6-7,10,12-15,31H2,1-5H3,(H,35,39)(H,36,41)(H,37,40)(H3,32,34,44)(H,45,46,47)/t22-,23-,24-/m0/s1. The molecule has 1 saturated heterocycles. The molecule has 6 amide bonds. The van der Waals surface area contributed by atoms with Crippen molar-refractivity contribution in [1.29, 1.82) is 0 Å². The van der Waals surface area contributed by atoms with E-state index in [9.17, 15) is 41.7 Å². The first-order valence-electron chi connectivity index (χ1n) is 15.7. The van der Waals surface area contributed by atoms with Gasteiger partial charge in [0.05, 0.1) is 11.7 Å². The highest BCUT2D eigenvalue weighted by Gasteiger charge is 2.33. The summed E-state index contributed by atoms with van der Waals surface area (Å²) >= 11 is 0. The number of ether oxygens (including phenoxy) is 1. The number of likely N-dealkylation sites (N-methyl/N-ethyl adjacent to an activating group) is 1. The first-order chi connectivity index (χ1) is 22.8. The number of urea groups is 1. The van der Waals surface area contributed by atoms with Crippen LogP contribution >= 0.6 is 0 Å². The van der Waals surface area contributed by atoms with Crippen LogP contribution in [0.25, 0.3) is 0 Å². The van der Waals surface area contributed by atoms with Gasteiger partial charge in [-0.3, -0.25) is 28.5 Å². The summed E-state index contributed by atoms with van der Waals surface area (Å²) < 4.78 is 37.2. The molecule has 1 aliphatic heterocycles. The van der Waals surface area contributed by atoms with Crippen LogP contribution in [-0.2, 0) is 40.6 Å². The molecule has 0 bridgehead atoms. The van der Waals surface area contributed by atoms with Crippen molar-refractivity contribution in [3.63, 3.8) is 0 Å². The van der Waals surface area contributed by atoms with Gasteiger partial charge >= 0.3 is 12.0 Å². The lowest BCUT2D eigenvalue weighted by molar-refractivity contribution is -0.148. The van der Waals surface area contributed by atoms with Gasteiger partial charge in [-0.2, -0.15) is 8.42 Å². The summed E-state index contributed by atoms with van der Waals surface area (Å²) in [7, 11) is -3.22.